The second kappa shape index (κ2) is 8.04. The number of hydrogen-bond acceptors (Lipinski definition) is 6. The molecule has 1 fully saturated rings. The summed E-state index contributed by atoms with van der Waals surface area (Å²) in [6, 6.07) is -0.656. The number of aliphatic hydroxyl groups excluding tert-OH is 1. The predicted octanol–water partition coefficient (Wildman–Crippen LogP) is -1.20. The molecular formula is C12H25N3O5S. The lowest BCUT2D eigenvalue weighted by atomic mass is 9.98. The van der Waals surface area contributed by atoms with Crippen molar-refractivity contribution in [2.24, 2.45) is 11.7 Å². The molecule has 0 radical (unpaired) electrons. The van der Waals surface area contributed by atoms with Gasteiger partial charge >= 0.3 is 5.97 Å². The minimum atomic E-state index is -3.63. The second-order valence-electron chi connectivity index (χ2n) is 5.18. The number of nitrogens with two attached hydrogens (primary N) is 1. The Labute approximate surface area is 125 Å². The van der Waals surface area contributed by atoms with E-state index in [0.29, 0.717) is 19.4 Å². The molecule has 8 nitrogen and oxygen atoms in total. The van der Waals surface area contributed by atoms with Gasteiger partial charge in [-0.25, -0.2) is 4.72 Å². The fourth-order valence-corrected chi connectivity index (χ4v) is 3.33. The van der Waals surface area contributed by atoms with E-state index in [1.807, 2.05) is 0 Å². The molecule has 4 N–H and O–H groups in total. The van der Waals surface area contributed by atoms with Gasteiger partial charge in [-0.3, -0.25) is 4.79 Å². The van der Waals surface area contributed by atoms with Crippen LogP contribution >= 0.6 is 0 Å². The molecule has 0 aromatic carbocycles. The van der Waals surface area contributed by atoms with E-state index in [0.717, 1.165) is 0 Å². The molecule has 1 aliphatic rings. The number of carbonyl (C=O) groups is 1. The van der Waals surface area contributed by atoms with Crippen molar-refractivity contribution in [3.05, 3.63) is 0 Å². The predicted molar refractivity (Wildman–Crippen MR) is 77.5 cm³/mol. The van der Waals surface area contributed by atoms with Crippen LogP contribution in [0.2, 0.25) is 0 Å². The quantitative estimate of drug-likeness (QED) is 0.506. The molecule has 124 valence electrons. The number of esters is 1. The number of nitrogens with zero attached hydrogens (tertiary/aromatic N) is 1. The minimum absolute atomic E-state index is 0.0300. The Kier molecular flexibility index (Phi) is 7.01. The number of hydrogen-bond donors (Lipinski definition) is 3. The molecule has 1 rings (SSSR count). The molecule has 1 aliphatic heterocycles. The van der Waals surface area contributed by atoms with Crippen LogP contribution < -0.4 is 10.5 Å². The van der Waals surface area contributed by atoms with Crippen molar-refractivity contribution >= 4 is 16.2 Å². The summed E-state index contributed by atoms with van der Waals surface area (Å²) in [5, 5.41) is 9.25. The van der Waals surface area contributed by atoms with Crippen molar-refractivity contribution in [1.29, 1.82) is 0 Å². The minimum Gasteiger partial charge on any atom is -0.466 e. The van der Waals surface area contributed by atoms with E-state index in [1.54, 1.807) is 6.92 Å². The fraction of sp³-hybridized carbons (Fsp3) is 0.917. The van der Waals surface area contributed by atoms with Crippen molar-refractivity contribution in [2.75, 3.05) is 26.2 Å². The molecule has 0 bridgehead atoms. The third-order valence-electron chi connectivity index (χ3n) is 3.53. The monoisotopic (exact) mass is 323 g/mol. The van der Waals surface area contributed by atoms with Crippen molar-refractivity contribution in [1.82, 2.24) is 9.03 Å². The molecule has 2 atom stereocenters. The highest BCUT2D eigenvalue weighted by Gasteiger charge is 2.31. The van der Waals surface area contributed by atoms with E-state index < -0.39 is 22.4 Å². The largest absolute Gasteiger partial charge is 0.466 e. The van der Waals surface area contributed by atoms with E-state index in [4.69, 9.17) is 10.5 Å². The van der Waals surface area contributed by atoms with Gasteiger partial charge in [-0.05, 0) is 26.7 Å². The topological polar surface area (TPSA) is 122 Å². The summed E-state index contributed by atoms with van der Waals surface area (Å²) in [6.07, 6.45) is 0.104. The van der Waals surface area contributed by atoms with Gasteiger partial charge in [0.1, 0.15) is 0 Å². The van der Waals surface area contributed by atoms with E-state index in [2.05, 4.69) is 4.72 Å². The highest BCUT2D eigenvalue weighted by molar-refractivity contribution is 7.87. The first-order chi connectivity index (χ1) is 9.77. The van der Waals surface area contributed by atoms with Gasteiger partial charge in [-0.15, -0.1) is 0 Å². The number of piperidine rings is 1. The first-order valence-electron chi connectivity index (χ1n) is 7.13. The van der Waals surface area contributed by atoms with Crippen LogP contribution in [0.5, 0.6) is 0 Å². The van der Waals surface area contributed by atoms with Crippen LogP contribution in [0.4, 0.5) is 0 Å². The maximum absolute atomic E-state index is 12.1. The molecule has 1 saturated heterocycles. The van der Waals surface area contributed by atoms with Gasteiger partial charge in [0, 0.05) is 25.7 Å². The van der Waals surface area contributed by atoms with E-state index >= 15 is 0 Å². The van der Waals surface area contributed by atoms with Gasteiger partial charge in [-0.2, -0.15) is 12.7 Å². The van der Waals surface area contributed by atoms with E-state index in [1.165, 1.54) is 11.2 Å². The summed E-state index contributed by atoms with van der Waals surface area (Å²) in [6.45, 7) is 4.08. The molecule has 9 heteroatoms. The maximum atomic E-state index is 12.1. The summed E-state index contributed by atoms with van der Waals surface area (Å²) in [5.74, 6) is -0.505. The van der Waals surface area contributed by atoms with Crippen LogP contribution in [0.25, 0.3) is 0 Å². The molecule has 0 aromatic rings. The van der Waals surface area contributed by atoms with Gasteiger partial charge in [0.2, 0.25) is 0 Å². The van der Waals surface area contributed by atoms with Crippen LogP contribution in [-0.4, -0.2) is 62.2 Å². The lowest BCUT2D eigenvalue weighted by Gasteiger charge is -2.30. The zero-order valence-corrected chi connectivity index (χ0v) is 13.3. The van der Waals surface area contributed by atoms with Crippen LogP contribution in [-0.2, 0) is 19.7 Å². The normalized spacial score (nSPS) is 21.0. The number of nitrogens with one attached hydrogen (secondary N) is 1. The SMILES string of the molecule is CCOC(=O)C1CCN(S(=O)(=O)NCC(N)C(C)O)CC1. The summed E-state index contributed by atoms with van der Waals surface area (Å²) in [7, 11) is -3.63. The number of carbonyl (C=O) groups excluding carboxylic acids is 1. The van der Waals surface area contributed by atoms with E-state index in [-0.39, 0.29) is 31.5 Å². The summed E-state index contributed by atoms with van der Waals surface area (Å²) in [4.78, 5) is 11.6. The maximum Gasteiger partial charge on any atom is 0.309 e. The van der Waals surface area contributed by atoms with Gasteiger partial charge in [0.15, 0.2) is 0 Å². The van der Waals surface area contributed by atoms with Gasteiger partial charge in [0.25, 0.3) is 10.2 Å². The van der Waals surface area contributed by atoms with Gasteiger partial charge < -0.3 is 15.6 Å². The van der Waals surface area contributed by atoms with Crippen molar-refractivity contribution in [3.8, 4) is 0 Å². The highest BCUT2D eigenvalue weighted by atomic mass is 32.2. The summed E-state index contributed by atoms with van der Waals surface area (Å²) in [5.41, 5.74) is 5.59. The summed E-state index contributed by atoms with van der Waals surface area (Å²) >= 11 is 0. The number of aliphatic hydroxyl groups is 1. The third-order valence-corrected chi connectivity index (χ3v) is 5.11. The average Bonchev–Trinajstić information content (AvgIpc) is 2.45. The zero-order chi connectivity index (χ0) is 16.0. The Bertz CT molecular complexity index is 432. The molecule has 0 amide bonds. The smallest absolute Gasteiger partial charge is 0.309 e. The van der Waals surface area contributed by atoms with Gasteiger partial charge in [-0.1, -0.05) is 0 Å². The third kappa shape index (κ3) is 5.51. The van der Waals surface area contributed by atoms with E-state index in [9.17, 15) is 18.3 Å². The van der Waals surface area contributed by atoms with Crippen molar-refractivity contribution in [3.63, 3.8) is 0 Å². The molecule has 2 unspecified atom stereocenters. The molecule has 0 spiro atoms. The second-order valence-corrected chi connectivity index (χ2v) is 6.94. The molecular weight excluding hydrogens is 298 g/mol. The first-order valence-corrected chi connectivity index (χ1v) is 8.57. The lowest BCUT2D eigenvalue weighted by molar-refractivity contribution is -0.149. The Morgan fingerprint density at radius 2 is 2.05 bits per heavy atom. The fourth-order valence-electron chi connectivity index (χ4n) is 2.06. The Balaban J connectivity index is 2.47. The molecule has 0 aromatic heterocycles. The molecule has 0 aliphatic carbocycles. The molecule has 0 saturated carbocycles. The zero-order valence-electron chi connectivity index (χ0n) is 12.5. The number of rotatable bonds is 7. The molecule has 1 heterocycles. The highest BCUT2D eigenvalue weighted by Crippen LogP contribution is 2.20. The summed E-state index contributed by atoms with van der Waals surface area (Å²) < 4.78 is 32.8. The Hall–Kier alpha value is -0.740. The van der Waals surface area contributed by atoms with Crippen LogP contribution in [0.15, 0.2) is 0 Å². The molecule has 21 heavy (non-hydrogen) atoms. The lowest BCUT2D eigenvalue weighted by Crippen LogP contribution is -2.50. The number of ether oxygens (including phenoxy) is 1. The Morgan fingerprint density at radius 1 is 1.48 bits per heavy atom. The van der Waals surface area contributed by atoms with Crippen molar-refractivity contribution < 1.29 is 23.1 Å². The van der Waals surface area contributed by atoms with Gasteiger partial charge in [0.05, 0.1) is 18.6 Å². The average molecular weight is 323 g/mol. The van der Waals surface area contributed by atoms with Crippen LogP contribution in [0.1, 0.15) is 26.7 Å². The first kappa shape index (κ1) is 18.3. The standard InChI is InChI=1S/C12H25N3O5S/c1-3-20-12(17)10-4-6-15(7-5-10)21(18,19)14-8-11(13)9(2)16/h9-11,14,16H,3-8,13H2,1-2H3. The Morgan fingerprint density at radius 3 is 2.52 bits per heavy atom. The van der Waals surface area contributed by atoms with Crippen molar-refractivity contribution in [2.45, 2.75) is 38.8 Å². The van der Waals surface area contributed by atoms with Crippen LogP contribution in [0.3, 0.4) is 0 Å². The van der Waals surface area contributed by atoms with Crippen LogP contribution in [0, 0.1) is 5.92 Å².